The van der Waals surface area contributed by atoms with Crippen LogP contribution >= 0.6 is 0 Å². The predicted octanol–water partition coefficient (Wildman–Crippen LogP) is 4.63. The van der Waals surface area contributed by atoms with Gasteiger partial charge in [-0.2, -0.15) is 0 Å². The second-order valence-corrected chi connectivity index (χ2v) is 13.7. The fourth-order valence-electron chi connectivity index (χ4n) is 2.92. The molecule has 0 saturated carbocycles. The van der Waals surface area contributed by atoms with Gasteiger partial charge in [-0.1, -0.05) is 57.2 Å². The van der Waals surface area contributed by atoms with Crippen molar-refractivity contribution >= 4 is 14.3 Å². The topological polar surface area (TPSA) is 63.2 Å². The standard InChI is InChI=1S/C23H36O6Si/c1-23(2,3)30(5,6)29-21(18-11-8-7-9-12-18)22(27-17-26-16-15-25-4)19-13-10-14-20(24)28-19/h7-12,14,19,21-22H,13,15-17H2,1-6H3/t19-,21-,22+/m1/s1. The summed E-state index contributed by atoms with van der Waals surface area (Å²) in [5.74, 6) is -0.362. The van der Waals surface area contributed by atoms with E-state index in [2.05, 4.69) is 33.9 Å². The maximum absolute atomic E-state index is 12.0. The Morgan fingerprint density at radius 2 is 1.87 bits per heavy atom. The lowest BCUT2D eigenvalue weighted by molar-refractivity contribution is -0.181. The summed E-state index contributed by atoms with van der Waals surface area (Å²) in [6.45, 7) is 12.0. The molecule has 0 aromatic heterocycles. The molecule has 2 rings (SSSR count). The van der Waals surface area contributed by atoms with E-state index in [-0.39, 0.29) is 23.9 Å². The lowest BCUT2D eigenvalue weighted by atomic mass is 9.97. The molecule has 1 aromatic rings. The van der Waals surface area contributed by atoms with Gasteiger partial charge in [-0.25, -0.2) is 4.79 Å². The summed E-state index contributed by atoms with van der Waals surface area (Å²) in [7, 11) is -0.529. The highest BCUT2D eigenvalue weighted by Gasteiger charge is 2.44. The molecule has 0 unspecified atom stereocenters. The summed E-state index contributed by atoms with van der Waals surface area (Å²) >= 11 is 0. The lowest BCUT2D eigenvalue weighted by Gasteiger charge is -2.43. The van der Waals surface area contributed by atoms with E-state index in [1.54, 1.807) is 7.11 Å². The zero-order chi connectivity index (χ0) is 22.2. The van der Waals surface area contributed by atoms with Crippen LogP contribution < -0.4 is 0 Å². The fraction of sp³-hybridized carbons (Fsp3) is 0.609. The first-order valence-corrected chi connectivity index (χ1v) is 13.3. The molecular formula is C23H36O6Si. The highest BCUT2D eigenvalue weighted by molar-refractivity contribution is 6.74. The van der Waals surface area contributed by atoms with Gasteiger partial charge in [0, 0.05) is 19.6 Å². The summed E-state index contributed by atoms with van der Waals surface area (Å²) in [5.41, 5.74) is 0.995. The number of ether oxygens (including phenoxy) is 4. The van der Waals surface area contributed by atoms with E-state index in [1.807, 2.05) is 36.4 Å². The average Bonchev–Trinajstić information content (AvgIpc) is 2.69. The van der Waals surface area contributed by atoms with Crippen LogP contribution in [0.15, 0.2) is 42.5 Å². The van der Waals surface area contributed by atoms with E-state index in [1.165, 1.54) is 6.08 Å². The predicted molar refractivity (Wildman–Crippen MR) is 119 cm³/mol. The molecular weight excluding hydrogens is 400 g/mol. The van der Waals surface area contributed by atoms with E-state index in [9.17, 15) is 4.79 Å². The molecule has 0 amide bonds. The zero-order valence-corrected chi connectivity index (χ0v) is 20.1. The molecule has 1 aliphatic heterocycles. The van der Waals surface area contributed by atoms with Gasteiger partial charge in [-0.05, 0) is 23.7 Å². The van der Waals surface area contributed by atoms with Crippen molar-refractivity contribution in [2.24, 2.45) is 0 Å². The maximum atomic E-state index is 12.0. The van der Waals surface area contributed by atoms with Crippen molar-refractivity contribution in [3.63, 3.8) is 0 Å². The van der Waals surface area contributed by atoms with Crippen molar-refractivity contribution in [1.29, 1.82) is 0 Å². The Kier molecular flexibility index (Phi) is 9.24. The quantitative estimate of drug-likeness (QED) is 0.218. The highest BCUT2D eigenvalue weighted by Crippen LogP contribution is 2.42. The highest BCUT2D eigenvalue weighted by atomic mass is 28.4. The third kappa shape index (κ3) is 7.03. The monoisotopic (exact) mass is 436 g/mol. The van der Waals surface area contributed by atoms with Crippen LogP contribution in [0.4, 0.5) is 0 Å². The minimum Gasteiger partial charge on any atom is -0.456 e. The number of cyclic esters (lactones) is 1. The van der Waals surface area contributed by atoms with Gasteiger partial charge in [0.15, 0.2) is 8.32 Å². The molecule has 0 fully saturated rings. The lowest BCUT2D eigenvalue weighted by Crippen LogP contribution is -2.48. The van der Waals surface area contributed by atoms with Crippen LogP contribution in [-0.4, -0.2) is 53.6 Å². The molecule has 0 saturated heterocycles. The molecule has 1 heterocycles. The van der Waals surface area contributed by atoms with Gasteiger partial charge in [-0.15, -0.1) is 0 Å². The first kappa shape index (κ1) is 24.8. The summed E-state index contributed by atoms with van der Waals surface area (Å²) < 4.78 is 29.2. The first-order valence-electron chi connectivity index (χ1n) is 10.4. The van der Waals surface area contributed by atoms with E-state index >= 15 is 0 Å². The fourth-order valence-corrected chi connectivity index (χ4v) is 4.17. The number of hydrogen-bond donors (Lipinski definition) is 0. The molecule has 30 heavy (non-hydrogen) atoms. The largest absolute Gasteiger partial charge is 0.456 e. The molecule has 1 aliphatic rings. The molecule has 7 heteroatoms. The Labute approximate surface area is 181 Å². The third-order valence-corrected chi connectivity index (χ3v) is 10.1. The smallest absolute Gasteiger partial charge is 0.330 e. The van der Waals surface area contributed by atoms with Crippen molar-refractivity contribution in [1.82, 2.24) is 0 Å². The van der Waals surface area contributed by atoms with Crippen LogP contribution in [0.2, 0.25) is 18.1 Å². The second-order valence-electron chi connectivity index (χ2n) is 8.97. The summed E-state index contributed by atoms with van der Waals surface area (Å²) in [4.78, 5) is 12.0. The van der Waals surface area contributed by atoms with Crippen molar-refractivity contribution in [3.05, 3.63) is 48.0 Å². The summed E-state index contributed by atoms with van der Waals surface area (Å²) in [6.07, 6.45) is 2.50. The van der Waals surface area contributed by atoms with Gasteiger partial charge in [0.05, 0.1) is 13.2 Å². The molecule has 6 nitrogen and oxygen atoms in total. The summed E-state index contributed by atoms with van der Waals surface area (Å²) in [5, 5.41) is 0.0166. The minimum absolute atomic E-state index is 0.0166. The maximum Gasteiger partial charge on any atom is 0.330 e. The SMILES string of the molecule is COCCOCO[C@H]([C@H](O[Si](C)(C)C(C)(C)C)c1ccccc1)[C@H]1CC=CC(=O)O1. The normalized spacial score (nSPS) is 19.4. The number of methoxy groups -OCH3 is 1. The van der Waals surface area contributed by atoms with Crippen molar-refractivity contribution in [2.75, 3.05) is 27.1 Å². The molecule has 0 N–H and O–H groups in total. The van der Waals surface area contributed by atoms with Gasteiger partial charge in [0.2, 0.25) is 0 Å². The zero-order valence-electron chi connectivity index (χ0n) is 19.1. The van der Waals surface area contributed by atoms with Crippen LogP contribution in [0.3, 0.4) is 0 Å². The molecule has 168 valence electrons. The molecule has 0 aliphatic carbocycles. The third-order valence-electron chi connectivity index (χ3n) is 5.69. The van der Waals surface area contributed by atoms with Gasteiger partial charge in [0.1, 0.15) is 25.1 Å². The molecule has 3 atom stereocenters. The van der Waals surface area contributed by atoms with Gasteiger partial charge in [0.25, 0.3) is 0 Å². The number of benzene rings is 1. The first-order chi connectivity index (χ1) is 14.2. The van der Waals surface area contributed by atoms with E-state index in [0.717, 1.165) is 5.56 Å². The number of hydrogen-bond acceptors (Lipinski definition) is 6. The Bertz CT molecular complexity index is 683. The number of carbonyl (C=O) groups excluding carboxylic acids is 1. The number of rotatable bonds is 11. The average molecular weight is 437 g/mol. The molecule has 1 aromatic carbocycles. The van der Waals surface area contributed by atoms with E-state index in [0.29, 0.717) is 19.6 Å². The van der Waals surface area contributed by atoms with Crippen LogP contribution in [0, 0.1) is 0 Å². The number of esters is 1. The Hall–Kier alpha value is -1.51. The van der Waals surface area contributed by atoms with Gasteiger partial charge < -0.3 is 23.4 Å². The van der Waals surface area contributed by atoms with Gasteiger partial charge in [-0.3, -0.25) is 0 Å². The Morgan fingerprint density at radius 1 is 1.17 bits per heavy atom. The van der Waals surface area contributed by atoms with Crippen LogP contribution in [0.1, 0.15) is 38.9 Å². The molecule has 0 bridgehead atoms. The number of carbonyl (C=O) groups is 1. The molecule has 0 spiro atoms. The van der Waals surface area contributed by atoms with E-state index < -0.39 is 20.5 Å². The second kappa shape index (κ2) is 11.2. The van der Waals surface area contributed by atoms with Gasteiger partial charge >= 0.3 is 5.97 Å². The molecule has 0 radical (unpaired) electrons. The van der Waals surface area contributed by atoms with Crippen LogP contribution in [0.5, 0.6) is 0 Å². The summed E-state index contributed by atoms with van der Waals surface area (Å²) in [6, 6.07) is 9.99. The Morgan fingerprint density at radius 3 is 2.47 bits per heavy atom. The van der Waals surface area contributed by atoms with Crippen molar-refractivity contribution in [2.45, 2.75) is 63.6 Å². The Balaban J connectivity index is 2.32. The minimum atomic E-state index is -2.15. The van der Waals surface area contributed by atoms with Crippen LogP contribution in [0.25, 0.3) is 0 Å². The van der Waals surface area contributed by atoms with E-state index in [4.69, 9.17) is 23.4 Å². The van der Waals surface area contributed by atoms with Crippen molar-refractivity contribution < 1.29 is 28.2 Å². The van der Waals surface area contributed by atoms with Crippen LogP contribution in [-0.2, 0) is 28.2 Å². The van der Waals surface area contributed by atoms with Crippen molar-refractivity contribution in [3.8, 4) is 0 Å².